The van der Waals surface area contributed by atoms with E-state index in [1.165, 1.54) is 168 Å². The smallest absolute Gasteiger partial charge is 0.201 e. The van der Waals surface area contributed by atoms with E-state index < -0.39 is 0 Å². The lowest BCUT2D eigenvalue weighted by atomic mass is 9.98. The molecule has 96 heavy (non-hydrogen) atoms. The summed E-state index contributed by atoms with van der Waals surface area (Å²) in [5.41, 5.74) is 39.6. The van der Waals surface area contributed by atoms with Gasteiger partial charge in [0.1, 0.15) is 42.3 Å². The fourth-order valence-electron chi connectivity index (χ4n) is 12.5. The summed E-state index contributed by atoms with van der Waals surface area (Å²) < 4.78 is 13.2. The topological polar surface area (TPSA) is 23.3 Å². The molecule has 0 saturated carbocycles. The Morgan fingerprint density at radius 2 is 0.521 bits per heavy atom. The molecule has 0 aliphatic heterocycles. The molecule has 0 atom stereocenters. The maximum absolute atomic E-state index is 2.25. The molecule has 6 nitrogen and oxygen atoms in total. The molecule has 0 amide bonds. The van der Waals surface area contributed by atoms with Crippen LogP contribution in [0, 0.1) is 125 Å². The Labute approximate surface area is 577 Å². The van der Waals surface area contributed by atoms with Gasteiger partial charge < -0.3 is 0 Å². The summed E-state index contributed by atoms with van der Waals surface area (Å²) in [6, 6.07) is 67.0. The van der Waals surface area contributed by atoms with E-state index in [1.807, 2.05) is 0 Å². The van der Waals surface area contributed by atoms with Crippen molar-refractivity contribution in [2.45, 2.75) is 125 Å². The van der Waals surface area contributed by atoms with E-state index in [0.29, 0.717) is 0 Å². The first-order valence-corrected chi connectivity index (χ1v) is 33.7. The number of hydrogen-bond acceptors (Lipinski definition) is 0. The third kappa shape index (κ3) is 18.6. The van der Waals surface area contributed by atoms with Crippen molar-refractivity contribution in [3.05, 3.63) is 319 Å². The fraction of sp³-hybridized carbons (Fsp3) is 0.267. The van der Waals surface area contributed by atoms with Crippen molar-refractivity contribution >= 4 is 0 Å². The van der Waals surface area contributed by atoms with E-state index in [1.54, 1.807) is 0 Å². The van der Waals surface area contributed by atoms with Gasteiger partial charge >= 0.3 is 0 Å². The number of nitrogens with zero attached hydrogens (tertiary/aromatic N) is 6. The molecular weight excluding hydrogens is 1170 g/mol. The van der Waals surface area contributed by atoms with Crippen molar-refractivity contribution in [1.82, 2.24) is 0 Å². The van der Waals surface area contributed by atoms with Gasteiger partial charge in [-0.05, 0) is 220 Å². The van der Waals surface area contributed by atoms with Crippen molar-refractivity contribution in [2.24, 2.45) is 42.3 Å². The first kappa shape index (κ1) is 73.6. The standard InChI is InChI=1S/6C15H18N/c1-11-5-6-13(3)14(9-11)15-10-12(2)7-8-16(15)4;2*1-11-8-9-16(4)14(10-11)15-12(2)6-5-7-13(15)3;1-11-9-13(3)16(4)15(10-11)14-8-6-5-7-12(14)2;2*1-11-9-10-16(4)15(13(11)3)14-8-6-5-7-12(14)2/h6*5-10H,1-4H3/q6*+1. The number of aryl methyl sites for hydroxylation is 21. The molecule has 0 aliphatic rings. The van der Waals surface area contributed by atoms with E-state index in [-0.39, 0.29) is 0 Å². The Bertz CT molecular complexity index is 4410. The third-order valence-corrected chi connectivity index (χ3v) is 18.7. The minimum Gasteiger partial charge on any atom is -0.201 e. The van der Waals surface area contributed by atoms with Gasteiger partial charge in [-0.3, -0.25) is 0 Å². The molecule has 0 aliphatic carbocycles. The summed E-state index contributed by atoms with van der Waals surface area (Å²) in [7, 11) is 12.6. The van der Waals surface area contributed by atoms with Crippen LogP contribution < -0.4 is 27.4 Å². The van der Waals surface area contributed by atoms with Gasteiger partial charge in [0.25, 0.3) is 0 Å². The van der Waals surface area contributed by atoms with Crippen LogP contribution in [-0.2, 0) is 42.3 Å². The zero-order valence-electron chi connectivity index (χ0n) is 62.5. The quantitative estimate of drug-likeness (QED) is 0.148. The second kappa shape index (κ2) is 33.6. The Morgan fingerprint density at radius 1 is 0.208 bits per heavy atom. The minimum absolute atomic E-state index is 1.28. The van der Waals surface area contributed by atoms with Crippen LogP contribution in [-0.4, -0.2) is 0 Å². The second-order valence-electron chi connectivity index (χ2n) is 26.7. The Morgan fingerprint density at radius 3 is 0.917 bits per heavy atom. The molecular formula is C90H108N6+6. The van der Waals surface area contributed by atoms with Crippen molar-refractivity contribution < 1.29 is 27.4 Å². The molecule has 12 rings (SSSR count). The van der Waals surface area contributed by atoms with Gasteiger partial charge in [0, 0.05) is 101 Å². The van der Waals surface area contributed by atoms with Gasteiger partial charge in [-0.1, -0.05) is 109 Å². The maximum atomic E-state index is 2.25. The summed E-state index contributed by atoms with van der Waals surface area (Å²) >= 11 is 0. The SMILES string of the molecule is Cc1cc(C)[n+](C)c(-c2ccccc2C)c1.Cc1cc[n+](C)c(-c2c(C)cccc2C)c1.Cc1cc[n+](C)c(-c2c(C)cccc2C)c1.Cc1ccc(C)c(-c2cc(C)cc[n+]2C)c1.Cc1ccccc1-c1c(C)c(C)cc[n+]1C.Cc1ccccc1-c1c(C)c(C)cc[n+]1C. The Balaban J connectivity index is 0.000000163. The lowest BCUT2D eigenvalue weighted by Crippen LogP contribution is -2.34. The average Bonchev–Trinajstić information content (AvgIpc) is 0.859. The van der Waals surface area contributed by atoms with E-state index in [0.717, 1.165) is 0 Å². The Kier molecular flexibility index (Phi) is 25.7. The number of rotatable bonds is 6. The molecule has 0 spiro atoms. The predicted octanol–water partition coefficient (Wildman–Crippen LogP) is 18.6. The highest BCUT2D eigenvalue weighted by Crippen LogP contribution is 2.29. The molecule has 0 bridgehead atoms. The van der Waals surface area contributed by atoms with Crippen LogP contribution >= 0.6 is 0 Å². The van der Waals surface area contributed by atoms with Crippen LogP contribution in [0.1, 0.15) is 100 Å². The van der Waals surface area contributed by atoms with Crippen LogP contribution in [0.3, 0.4) is 0 Å². The van der Waals surface area contributed by atoms with Crippen molar-refractivity contribution in [2.75, 3.05) is 0 Å². The monoisotopic (exact) mass is 1270 g/mol. The second-order valence-corrected chi connectivity index (χ2v) is 26.7. The van der Waals surface area contributed by atoms with Gasteiger partial charge in [-0.2, -0.15) is 4.57 Å². The Hall–Kier alpha value is -9.78. The highest BCUT2D eigenvalue weighted by Gasteiger charge is 2.21. The highest BCUT2D eigenvalue weighted by atomic mass is 15.0. The lowest BCUT2D eigenvalue weighted by Gasteiger charge is -2.08. The zero-order valence-corrected chi connectivity index (χ0v) is 62.5. The average molecular weight is 1270 g/mol. The summed E-state index contributed by atoms with van der Waals surface area (Å²) in [5, 5.41) is 0. The van der Waals surface area contributed by atoms with E-state index in [9.17, 15) is 0 Å². The molecule has 0 unspecified atom stereocenters. The molecule has 6 heteroatoms. The maximum Gasteiger partial charge on any atom is 0.215 e. The normalized spacial score (nSPS) is 10.5. The van der Waals surface area contributed by atoms with Crippen LogP contribution in [0.5, 0.6) is 0 Å². The van der Waals surface area contributed by atoms with E-state index in [2.05, 4.69) is 413 Å². The first-order chi connectivity index (χ1) is 45.6. The zero-order chi connectivity index (χ0) is 70.2. The number of pyridine rings is 6. The summed E-state index contributed by atoms with van der Waals surface area (Å²) in [6.07, 6.45) is 10.6. The fourth-order valence-corrected chi connectivity index (χ4v) is 12.5. The molecule has 6 heterocycles. The molecule has 492 valence electrons. The van der Waals surface area contributed by atoms with Gasteiger partial charge in [0.15, 0.2) is 36.7 Å². The molecule has 6 aromatic carbocycles. The number of benzene rings is 6. The van der Waals surface area contributed by atoms with Crippen LogP contribution in [0.25, 0.3) is 67.5 Å². The summed E-state index contributed by atoms with van der Waals surface area (Å²) in [4.78, 5) is 0. The predicted molar refractivity (Wildman–Crippen MR) is 404 cm³/mol. The minimum atomic E-state index is 1.28. The lowest BCUT2D eigenvalue weighted by molar-refractivity contribution is -0.666. The molecule has 6 aromatic heterocycles. The van der Waals surface area contributed by atoms with Gasteiger partial charge in [0.2, 0.25) is 34.2 Å². The number of hydrogen-bond donors (Lipinski definition) is 0. The van der Waals surface area contributed by atoms with Crippen molar-refractivity contribution in [3.8, 4) is 67.5 Å². The molecule has 0 N–H and O–H groups in total. The number of aromatic nitrogens is 6. The van der Waals surface area contributed by atoms with E-state index >= 15 is 0 Å². The largest absolute Gasteiger partial charge is 0.215 e. The van der Waals surface area contributed by atoms with Crippen LogP contribution in [0.2, 0.25) is 0 Å². The van der Waals surface area contributed by atoms with Crippen LogP contribution in [0.15, 0.2) is 219 Å². The summed E-state index contributed by atoms with van der Waals surface area (Å²) in [6.45, 7) is 38.9. The van der Waals surface area contributed by atoms with Crippen LogP contribution in [0.4, 0.5) is 0 Å². The highest BCUT2D eigenvalue weighted by molar-refractivity contribution is 5.69. The first-order valence-electron chi connectivity index (χ1n) is 33.7. The van der Waals surface area contributed by atoms with Gasteiger partial charge in [-0.15, -0.1) is 0 Å². The van der Waals surface area contributed by atoms with E-state index in [4.69, 9.17) is 0 Å². The third-order valence-electron chi connectivity index (χ3n) is 18.7. The molecule has 0 saturated heterocycles. The van der Waals surface area contributed by atoms with Crippen molar-refractivity contribution in [3.63, 3.8) is 0 Å². The molecule has 0 radical (unpaired) electrons. The summed E-state index contributed by atoms with van der Waals surface area (Å²) in [5.74, 6) is 0. The van der Waals surface area contributed by atoms with Gasteiger partial charge in [0.05, 0.1) is 11.1 Å². The van der Waals surface area contributed by atoms with Gasteiger partial charge in [-0.25, -0.2) is 22.8 Å². The molecule has 0 fully saturated rings. The van der Waals surface area contributed by atoms with Crippen molar-refractivity contribution in [1.29, 1.82) is 0 Å². The molecule has 12 aromatic rings.